The molecule has 14 heavy (non-hydrogen) atoms. The Morgan fingerprint density at radius 2 is 2.21 bits per heavy atom. The number of nitrogens with one attached hydrogen (secondary N) is 2. The van der Waals surface area contributed by atoms with Gasteiger partial charge in [-0.3, -0.25) is 0 Å². The highest BCUT2D eigenvalue weighted by Crippen LogP contribution is 2.33. The standard InChI is InChI=1S/C11H22N2O/c14-11-6-10(13-8-11)7-12-5-1-2-9-3-4-9/h9-14H,1-8H2. The van der Waals surface area contributed by atoms with Gasteiger partial charge in [-0.15, -0.1) is 0 Å². The van der Waals surface area contributed by atoms with Crippen molar-refractivity contribution in [1.82, 2.24) is 10.6 Å². The highest BCUT2D eigenvalue weighted by molar-refractivity contribution is 4.82. The summed E-state index contributed by atoms with van der Waals surface area (Å²) in [6, 6.07) is 0.492. The second-order valence-corrected chi connectivity index (χ2v) is 4.78. The second kappa shape index (κ2) is 5.10. The Bertz CT molecular complexity index is 171. The van der Waals surface area contributed by atoms with E-state index in [1.165, 1.54) is 25.7 Å². The first-order valence-electron chi connectivity index (χ1n) is 5.97. The van der Waals surface area contributed by atoms with Crippen molar-refractivity contribution in [2.75, 3.05) is 19.6 Å². The van der Waals surface area contributed by atoms with Crippen LogP contribution in [0, 0.1) is 5.92 Å². The van der Waals surface area contributed by atoms with E-state index in [2.05, 4.69) is 10.6 Å². The van der Waals surface area contributed by atoms with Crippen molar-refractivity contribution < 1.29 is 5.11 Å². The van der Waals surface area contributed by atoms with Crippen LogP contribution in [0.25, 0.3) is 0 Å². The highest BCUT2D eigenvalue weighted by atomic mass is 16.3. The van der Waals surface area contributed by atoms with Gasteiger partial charge in [-0.2, -0.15) is 0 Å². The van der Waals surface area contributed by atoms with Gasteiger partial charge in [0.1, 0.15) is 0 Å². The van der Waals surface area contributed by atoms with Gasteiger partial charge in [0, 0.05) is 19.1 Å². The molecule has 82 valence electrons. The summed E-state index contributed by atoms with van der Waals surface area (Å²) >= 11 is 0. The van der Waals surface area contributed by atoms with Crippen LogP contribution in [0.5, 0.6) is 0 Å². The summed E-state index contributed by atoms with van der Waals surface area (Å²) < 4.78 is 0. The molecule has 2 rings (SSSR count). The third-order valence-electron chi connectivity index (χ3n) is 3.25. The Labute approximate surface area is 86.3 Å². The predicted molar refractivity (Wildman–Crippen MR) is 57.2 cm³/mol. The lowest BCUT2D eigenvalue weighted by Crippen LogP contribution is -2.34. The summed E-state index contributed by atoms with van der Waals surface area (Å²) in [5, 5.41) is 16.1. The van der Waals surface area contributed by atoms with Gasteiger partial charge < -0.3 is 15.7 Å². The van der Waals surface area contributed by atoms with Crippen LogP contribution in [-0.4, -0.2) is 36.9 Å². The molecule has 1 aliphatic carbocycles. The first kappa shape index (κ1) is 10.4. The Morgan fingerprint density at radius 1 is 1.36 bits per heavy atom. The first-order chi connectivity index (χ1) is 6.84. The van der Waals surface area contributed by atoms with Crippen LogP contribution in [0.2, 0.25) is 0 Å². The third-order valence-corrected chi connectivity index (χ3v) is 3.25. The number of hydrogen-bond donors (Lipinski definition) is 3. The molecule has 2 aliphatic rings. The normalized spacial score (nSPS) is 32.4. The fraction of sp³-hybridized carbons (Fsp3) is 1.00. The van der Waals surface area contributed by atoms with Crippen LogP contribution < -0.4 is 10.6 Å². The molecule has 0 amide bonds. The zero-order valence-corrected chi connectivity index (χ0v) is 8.84. The Balaban J connectivity index is 1.42. The van der Waals surface area contributed by atoms with Crippen LogP contribution in [0.4, 0.5) is 0 Å². The lowest BCUT2D eigenvalue weighted by Gasteiger charge is -2.10. The van der Waals surface area contributed by atoms with E-state index in [0.29, 0.717) is 6.04 Å². The minimum absolute atomic E-state index is 0.117. The molecule has 3 N–H and O–H groups in total. The predicted octanol–water partition coefficient (Wildman–Crippen LogP) is 0.489. The minimum atomic E-state index is -0.117. The van der Waals surface area contributed by atoms with Crippen molar-refractivity contribution in [3.8, 4) is 0 Å². The van der Waals surface area contributed by atoms with Crippen LogP contribution in [-0.2, 0) is 0 Å². The molecular formula is C11H22N2O. The Hall–Kier alpha value is -0.120. The van der Waals surface area contributed by atoms with Crippen molar-refractivity contribution >= 4 is 0 Å². The molecule has 1 saturated heterocycles. The summed E-state index contributed by atoms with van der Waals surface area (Å²) in [5.74, 6) is 1.06. The lowest BCUT2D eigenvalue weighted by molar-refractivity contribution is 0.193. The molecule has 3 nitrogen and oxygen atoms in total. The molecule has 3 heteroatoms. The zero-order valence-electron chi connectivity index (χ0n) is 8.84. The third kappa shape index (κ3) is 3.56. The van der Waals surface area contributed by atoms with Gasteiger partial charge in [-0.05, 0) is 31.7 Å². The van der Waals surface area contributed by atoms with Crippen molar-refractivity contribution in [2.45, 2.75) is 44.2 Å². The molecule has 1 aliphatic heterocycles. The number of rotatable bonds is 6. The molecule has 2 atom stereocenters. The average Bonchev–Trinajstić information content (AvgIpc) is 2.89. The summed E-state index contributed by atoms with van der Waals surface area (Å²) in [5.41, 5.74) is 0. The second-order valence-electron chi connectivity index (χ2n) is 4.78. The van der Waals surface area contributed by atoms with E-state index in [-0.39, 0.29) is 6.10 Å². The van der Waals surface area contributed by atoms with Crippen LogP contribution in [0.1, 0.15) is 32.1 Å². The molecule has 0 bridgehead atoms. The first-order valence-corrected chi connectivity index (χ1v) is 5.97. The van der Waals surface area contributed by atoms with Gasteiger partial charge in [-0.1, -0.05) is 12.8 Å². The molecule has 2 fully saturated rings. The number of aliphatic hydroxyl groups is 1. The fourth-order valence-electron chi connectivity index (χ4n) is 2.15. The van der Waals surface area contributed by atoms with Gasteiger partial charge >= 0.3 is 0 Å². The molecule has 0 radical (unpaired) electrons. The smallest absolute Gasteiger partial charge is 0.0680 e. The van der Waals surface area contributed by atoms with E-state index >= 15 is 0 Å². The van der Waals surface area contributed by atoms with Gasteiger partial charge in [0.2, 0.25) is 0 Å². The minimum Gasteiger partial charge on any atom is -0.392 e. The summed E-state index contributed by atoms with van der Waals surface area (Å²) in [6.45, 7) is 2.93. The van der Waals surface area contributed by atoms with E-state index in [4.69, 9.17) is 0 Å². The summed E-state index contributed by atoms with van der Waals surface area (Å²) in [7, 11) is 0. The van der Waals surface area contributed by atoms with Gasteiger partial charge in [-0.25, -0.2) is 0 Å². The monoisotopic (exact) mass is 198 g/mol. The van der Waals surface area contributed by atoms with Crippen molar-refractivity contribution in [1.29, 1.82) is 0 Å². The highest BCUT2D eigenvalue weighted by Gasteiger charge is 2.22. The molecule has 0 aromatic heterocycles. The number of hydrogen-bond acceptors (Lipinski definition) is 3. The van der Waals surface area contributed by atoms with Crippen LogP contribution >= 0.6 is 0 Å². The maximum Gasteiger partial charge on any atom is 0.0680 e. The maximum atomic E-state index is 9.29. The van der Waals surface area contributed by atoms with Gasteiger partial charge in [0.15, 0.2) is 0 Å². The van der Waals surface area contributed by atoms with Gasteiger partial charge in [0.25, 0.3) is 0 Å². The molecule has 0 aromatic carbocycles. The largest absolute Gasteiger partial charge is 0.392 e. The SMILES string of the molecule is OC1CNC(CNCCCC2CC2)C1. The molecule has 0 spiro atoms. The summed E-state index contributed by atoms with van der Waals surface area (Å²) in [4.78, 5) is 0. The molecular weight excluding hydrogens is 176 g/mol. The van der Waals surface area contributed by atoms with Crippen LogP contribution in [0.15, 0.2) is 0 Å². The van der Waals surface area contributed by atoms with E-state index in [1.807, 2.05) is 0 Å². The quantitative estimate of drug-likeness (QED) is 0.544. The van der Waals surface area contributed by atoms with Crippen molar-refractivity contribution in [2.24, 2.45) is 5.92 Å². The van der Waals surface area contributed by atoms with Crippen molar-refractivity contribution in [3.63, 3.8) is 0 Å². The Kier molecular flexibility index (Phi) is 3.79. The zero-order chi connectivity index (χ0) is 9.80. The topological polar surface area (TPSA) is 44.3 Å². The molecule has 2 unspecified atom stereocenters. The maximum absolute atomic E-state index is 9.29. The fourth-order valence-corrected chi connectivity index (χ4v) is 2.15. The number of aliphatic hydroxyl groups excluding tert-OH is 1. The lowest BCUT2D eigenvalue weighted by atomic mass is 10.2. The van der Waals surface area contributed by atoms with E-state index < -0.39 is 0 Å². The Morgan fingerprint density at radius 3 is 2.86 bits per heavy atom. The van der Waals surface area contributed by atoms with E-state index in [1.54, 1.807) is 0 Å². The number of β-amino-alcohol motifs (C(OH)–C–C–N with tert-alkyl or cyclic N) is 1. The average molecular weight is 198 g/mol. The van der Waals surface area contributed by atoms with E-state index in [9.17, 15) is 5.11 Å². The van der Waals surface area contributed by atoms with Crippen LogP contribution in [0.3, 0.4) is 0 Å². The van der Waals surface area contributed by atoms with E-state index in [0.717, 1.165) is 32.0 Å². The molecule has 1 heterocycles. The molecule has 1 saturated carbocycles. The van der Waals surface area contributed by atoms with Crippen molar-refractivity contribution in [3.05, 3.63) is 0 Å². The summed E-state index contributed by atoms with van der Waals surface area (Å²) in [6.07, 6.45) is 6.46. The molecule has 0 aromatic rings. The van der Waals surface area contributed by atoms with Gasteiger partial charge in [0.05, 0.1) is 6.10 Å².